The molecule has 0 aliphatic heterocycles. The number of H-pyrrole nitrogens is 1. The van der Waals surface area contributed by atoms with Crippen LogP contribution < -0.4 is 5.32 Å². The van der Waals surface area contributed by atoms with E-state index in [1.165, 1.54) is 12.1 Å². The number of benzene rings is 2. The second-order valence-corrected chi connectivity index (χ2v) is 7.14. The summed E-state index contributed by atoms with van der Waals surface area (Å²) in [5, 5.41) is 14.2. The quantitative estimate of drug-likeness (QED) is 0.564. The predicted molar refractivity (Wildman–Crippen MR) is 110 cm³/mol. The summed E-state index contributed by atoms with van der Waals surface area (Å²) >= 11 is 0. The smallest absolute Gasteiger partial charge is 0.198 e. The molecule has 0 bridgehead atoms. The van der Waals surface area contributed by atoms with Crippen LogP contribution in [0, 0.1) is 12.7 Å². The lowest BCUT2D eigenvalue weighted by molar-refractivity contribution is 0.392. The van der Waals surface area contributed by atoms with Gasteiger partial charge in [-0.2, -0.15) is 0 Å². The van der Waals surface area contributed by atoms with E-state index in [0.717, 1.165) is 23.5 Å². The van der Waals surface area contributed by atoms with Gasteiger partial charge in [0.2, 0.25) is 0 Å². The molecule has 0 spiro atoms. The van der Waals surface area contributed by atoms with Gasteiger partial charge in [0.25, 0.3) is 0 Å². The van der Waals surface area contributed by atoms with Gasteiger partial charge < -0.3 is 20.3 Å². The summed E-state index contributed by atoms with van der Waals surface area (Å²) in [6, 6.07) is 10.6. The number of hydrogen-bond donors (Lipinski definition) is 3. The number of aromatic nitrogens is 1. The molecular weight excluding hydrogens is 343 g/mol. The van der Waals surface area contributed by atoms with Gasteiger partial charge in [0.15, 0.2) is 5.88 Å². The zero-order valence-electron chi connectivity index (χ0n) is 16.0. The number of aromatic amines is 1. The Labute approximate surface area is 158 Å². The van der Waals surface area contributed by atoms with Gasteiger partial charge in [0, 0.05) is 35.4 Å². The molecule has 0 saturated heterocycles. The van der Waals surface area contributed by atoms with E-state index >= 15 is 0 Å². The minimum Gasteiger partial charge on any atom is -0.494 e. The second-order valence-electron chi connectivity index (χ2n) is 7.14. The van der Waals surface area contributed by atoms with E-state index in [1.807, 2.05) is 25.1 Å². The molecule has 142 valence electrons. The third-order valence-electron chi connectivity index (χ3n) is 4.37. The summed E-state index contributed by atoms with van der Waals surface area (Å²) in [5.41, 5.74) is 4.07. The molecule has 3 aromatic rings. The van der Waals surface area contributed by atoms with Crippen LogP contribution in [0.3, 0.4) is 0 Å². The summed E-state index contributed by atoms with van der Waals surface area (Å²) in [6.45, 7) is 5.11. The third-order valence-corrected chi connectivity index (χ3v) is 4.37. The van der Waals surface area contributed by atoms with Crippen molar-refractivity contribution in [3.8, 4) is 5.88 Å². The Kier molecular flexibility index (Phi) is 5.46. The van der Waals surface area contributed by atoms with Crippen LogP contribution in [0.15, 0.2) is 41.4 Å². The summed E-state index contributed by atoms with van der Waals surface area (Å²) in [6.07, 6.45) is 1.56. The molecule has 0 saturated carbocycles. The topological polar surface area (TPSA) is 63.7 Å². The van der Waals surface area contributed by atoms with E-state index in [0.29, 0.717) is 22.5 Å². The lowest BCUT2D eigenvalue weighted by atomic mass is 10.1. The van der Waals surface area contributed by atoms with Gasteiger partial charge in [-0.05, 0) is 69.9 Å². The molecule has 1 aromatic heterocycles. The third kappa shape index (κ3) is 4.46. The number of rotatable bonds is 6. The number of aliphatic imine (C=N–C) groups is 1. The SMILES string of the molecule is Cc1cc(N=Cc2c(O)[nH]c3ccc(F)cc23)ccc1NC(C)CN(C)C. The molecule has 0 amide bonds. The minimum absolute atomic E-state index is 0.0214. The Balaban J connectivity index is 1.81. The minimum atomic E-state index is -0.353. The normalized spacial score (nSPS) is 13.0. The number of fused-ring (bicyclic) bond motifs is 1. The van der Waals surface area contributed by atoms with Crippen LogP contribution in [0.5, 0.6) is 5.88 Å². The van der Waals surface area contributed by atoms with Crippen molar-refractivity contribution in [1.82, 2.24) is 9.88 Å². The van der Waals surface area contributed by atoms with Gasteiger partial charge in [0.1, 0.15) is 5.82 Å². The highest BCUT2D eigenvalue weighted by Gasteiger charge is 2.10. The van der Waals surface area contributed by atoms with Gasteiger partial charge >= 0.3 is 0 Å². The molecule has 0 aliphatic carbocycles. The van der Waals surface area contributed by atoms with Crippen molar-refractivity contribution < 1.29 is 9.50 Å². The Morgan fingerprint density at radius 3 is 2.74 bits per heavy atom. The molecule has 0 fully saturated rings. The Bertz CT molecular complexity index is 978. The van der Waals surface area contributed by atoms with E-state index in [9.17, 15) is 9.50 Å². The number of nitrogens with one attached hydrogen (secondary N) is 2. The number of nitrogens with zero attached hydrogens (tertiary/aromatic N) is 2. The van der Waals surface area contributed by atoms with Gasteiger partial charge in [-0.3, -0.25) is 4.99 Å². The van der Waals surface area contributed by atoms with Gasteiger partial charge in [-0.1, -0.05) is 0 Å². The average molecular weight is 368 g/mol. The molecular formula is C21H25FN4O. The van der Waals surface area contributed by atoms with Crippen LogP contribution >= 0.6 is 0 Å². The monoisotopic (exact) mass is 368 g/mol. The number of likely N-dealkylation sites (N-methyl/N-ethyl adjacent to an activating group) is 1. The molecule has 0 aliphatic rings. The molecule has 1 heterocycles. The molecule has 5 nitrogen and oxygen atoms in total. The van der Waals surface area contributed by atoms with E-state index in [1.54, 1.807) is 12.3 Å². The Hall–Kier alpha value is -2.86. The number of hydrogen-bond acceptors (Lipinski definition) is 4. The zero-order chi connectivity index (χ0) is 19.6. The van der Waals surface area contributed by atoms with Crippen molar-refractivity contribution in [3.05, 3.63) is 53.3 Å². The summed E-state index contributed by atoms with van der Waals surface area (Å²) < 4.78 is 13.5. The van der Waals surface area contributed by atoms with E-state index in [4.69, 9.17) is 0 Å². The first-order chi connectivity index (χ1) is 12.8. The molecule has 3 N–H and O–H groups in total. The summed E-state index contributed by atoms with van der Waals surface area (Å²) in [7, 11) is 4.10. The van der Waals surface area contributed by atoms with Crippen LogP contribution in [0.25, 0.3) is 10.9 Å². The van der Waals surface area contributed by atoms with Gasteiger partial charge in [-0.15, -0.1) is 0 Å². The summed E-state index contributed by atoms with van der Waals surface area (Å²) in [5.74, 6) is -0.374. The molecule has 1 atom stereocenters. The maximum Gasteiger partial charge on any atom is 0.198 e. The lowest BCUT2D eigenvalue weighted by Gasteiger charge is -2.20. The molecule has 6 heteroatoms. The first kappa shape index (κ1) is 18.9. The first-order valence-corrected chi connectivity index (χ1v) is 8.89. The number of aryl methyl sites for hydroxylation is 1. The van der Waals surface area contributed by atoms with Crippen LogP contribution in [0.4, 0.5) is 15.8 Å². The Morgan fingerprint density at radius 2 is 2.04 bits per heavy atom. The standard InChI is InChI=1S/C21H25FN4O/c1-13-9-16(6-8-19(13)24-14(2)12-26(3)4)23-11-18-17-10-15(22)5-7-20(17)25-21(18)27/h5-11,14,24-25,27H,12H2,1-4H3. The average Bonchev–Trinajstić information content (AvgIpc) is 2.89. The maximum atomic E-state index is 13.5. The zero-order valence-corrected chi connectivity index (χ0v) is 16.0. The number of anilines is 1. The largest absolute Gasteiger partial charge is 0.494 e. The highest BCUT2D eigenvalue weighted by molar-refractivity contribution is 6.02. The first-order valence-electron chi connectivity index (χ1n) is 8.89. The highest BCUT2D eigenvalue weighted by atomic mass is 19.1. The van der Waals surface area contributed by atoms with Crippen molar-refractivity contribution in [2.24, 2.45) is 4.99 Å². The van der Waals surface area contributed by atoms with E-state index in [-0.39, 0.29) is 11.7 Å². The van der Waals surface area contributed by atoms with E-state index in [2.05, 4.69) is 41.2 Å². The highest BCUT2D eigenvalue weighted by Crippen LogP contribution is 2.28. The molecule has 3 rings (SSSR count). The lowest BCUT2D eigenvalue weighted by Crippen LogP contribution is -2.29. The van der Waals surface area contributed by atoms with Crippen LogP contribution in [0.1, 0.15) is 18.1 Å². The molecule has 27 heavy (non-hydrogen) atoms. The predicted octanol–water partition coefficient (Wildman–Crippen LogP) is 4.43. The maximum absolute atomic E-state index is 13.5. The molecule has 2 aromatic carbocycles. The fourth-order valence-electron chi connectivity index (χ4n) is 3.19. The van der Waals surface area contributed by atoms with Gasteiger partial charge in [0.05, 0.1) is 11.3 Å². The molecule has 1 unspecified atom stereocenters. The van der Waals surface area contributed by atoms with Crippen molar-refractivity contribution in [1.29, 1.82) is 0 Å². The number of aromatic hydroxyl groups is 1. The van der Waals surface area contributed by atoms with Gasteiger partial charge in [-0.25, -0.2) is 4.39 Å². The summed E-state index contributed by atoms with van der Waals surface area (Å²) in [4.78, 5) is 9.43. The second kappa shape index (κ2) is 7.80. The van der Waals surface area contributed by atoms with E-state index < -0.39 is 0 Å². The van der Waals surface area contributed by atoms with Crippen LogP contribution in [-0.2, 0) is 0 Å². The fraction of sp³-hybridized carbons (Fsp3) is 0.286. The van der Waals surface area contributed by atoms with Crippen molar-refractivity contribution in [2.45, 2.75) is 19.9 Å². The Morgan fingerprint density at radius 1 is 1.26 bits per heavy atom. The van der Waals surface area contributed by atoms with Crippen LogP contribution in [-0.4, -0.2) is 47.9 Å². The number of halogens is 1. The molecule has 0 radical (unpaired) electrons. The van der Waals surface area contributed by atoms with Crippen molar-refractivity contribution in [2.75, 3.05) is 26.0 Å². The van der Waals surface area contributed by atoms with Crippen molar-refractivity contribution >= 4 is 28.5 Å². The fourth-order valence-corrected chi connectivity index (χ4v) is 3.19. The van der Waals surface area contributed by atoms with Crippen molar-refractivity contribution in [3.63, 3.8) is 0 Å². The van der Waals surface area contributed by atoms with Crippen LogP contribution in [0.2, 0.25) is 0 Å².